The van der Waals surface area contributed by atoms with Gasteiger partial charge in [0.1, 0.15) is 0 Å². The molecule has 0 aliphatic carbocycles. The van der Waals surface area contributed by atoms with Crippen LogP contribution < -0.4 is 0 Å². The van der Waals surface area contributed by atoms with E-state index in [9.17, 15) is 13.2 Å². The summed E-state index contributed by atoms with van der Waals surface area (Å²) in [5, 5.41) is 0. The van der Waals surface area contributed by atoms with Crippen molar-refractivity contribution >= 4 is 31.7 Å². The van der Waals surface area contributed by atoms with E-state index in [1.54, 1.807) is 24.3 Å². The normalized spacial score (nSPS) is 16.5. The van der Waals surface area contributed by atoms with E-state index in [1.807, 2.05) is 24.8 Å². The van der Waals surface area contributed by atoms with Crippen LogP contribution in [0, 0.1) is 13.8 Å². The molecule has 0 bridgehead atoms. The molecule has 1 aliphatic heterocycles. The highest BCUT2D eigenvalue weighted by Crippen LogP contribution is 2.22. The fraction of sp³-hybridized carbons (Fsp3) is 0.476. The number of nitrogens with zero attached hydrogens (tertiary/aromatic N) is 3. The maximum absolute atomic E-state index is 12.9. The van der Waals surface area contributed by atoms with E-state index in [2.05, 4.69) is 34.3 Å². The van der Waals surface area contributed by atoms with Crippen LogP contribution in [0.4, 0.5) is 0 Å². The van der Waals surface area contributed by atoms with Crippen molar-refractivity contribution in [1.82, 2.24) is 13.8 Å². The molecule has 0 radical (unpaired) electrons. The highest BCUT2D eigenvalue weighted by molar-refractivity contribution is 9.10. The number of piperazine rings is 1. The number of ketones is 1. The van der Waals surface area contributed by atoms with Gasteiger partial charge in [-0.25, -0.2) is 8.42 Å². The van der Waals surface area contributed by atoms with E-state index in [4.69, 9.17) is 0 Å². The number of Topliss-reactive ketones (excluding diaryl/α,β-unsaturated/α-hetero) is 1. The molecule has 1 aromatic heterocycles. The van der Waals surface area contributed by atoms with Crippen molar-refractivity contribution in [2.75, 3.05) is 32.7 Å². The zero-order valence-electron chi connectivity index (χ0n) is 17.4. The second kappa shape index (κ2) is 8.71. The zero-order valence-corrected chi connectivity index (χ0v) is 19.8. The van der Waals surface area contributed by atoms with Crippen molar-refractivity contribution in [2.24, 2.45) is 0 Å². The van der Waals surface area contributed by atoms with Gasteiger partial charge in [-0.3, -0.25) is 9.69 Å². The summed E-state index contributed by atoms with van der Waals surface area (Å²) in [5.74, 6) is 0.0919. The predicted octanol–water partition coefficient (Wildman–Crippen LogP) is 3.64. The lowest BCUT2D eigenvalue weighted by Crippen LogP contribution is -2.49. The first kappa shape index (κ1) is 22.2. The number of benzene rings is 1. The number of aromatic nitrogens is 1. The van der Waals surface area contributed by atoms with Crippen LogP contribution in [0.1, 0.15) is 41.6 Å². The Morgan fingerprint density at radius 2 is 1.66 bits per heavy atom. The van der Waals surface area contributed by atoms with Crippen molar-refractivity contribution in [2.45, 2.75) is 38.6 Å². The summed E-state index contributed by atoms with van der Waals surface area (Å²) >= 11 is 3.33. The Labute approximate surface area is 181 Å². The lowest BCUT2D eigenvalue weighted by atomic mass is 10.1. The first-order valence-electron chi connectivity index (χ1n) is 9.81. The van der Waals surface area contributed by atoms with Gasteiger partial charge < -0.3 is 4.57 Å². The minimum atomic E-state index is -3.50. The minimum absolute atomic E-state index is 0.0919. The summed E-state index contributed by atoms with van der Waals surface area (Å²) < 4.78 is 30.2. The molecule has 0 atom stereocenters. The summed E-state index contributed by atoms with van der Waals surface area (Å²) in [4.78, 5) is 15.2. The number of halogens is 1. The van der Waals surface area contributed by atoms with Crippen LogP contribution in [0.25, 0.3) is 0 Å². The van der Waals surface area contributed by atoms with Crippen LogP contribution in [-0.4, -0.2) is 60.7 Å². The number of aryl methyl sites for hydroxylation is 1. The molecular formula is C21H28BrN3O3S. The molecule has 1 saturated heterocycles. The van der Waals surface area contributed by atoms with E-state index in [0.717, 1.165) is 21.4 Å². The third-order valence-electron chi connectivity index (χ3n) is 5.45. The van der Waals surface area contributed by atoms with Gasteiger partial charge >= 0.3 is 0 Å². The van der Waals surface area contributed by atoms with E-state index in [0.29, 0.717) is 43.7 Å². The lowest BCUT2D eigenvalue weighted by Gasteiger charge is -2.33. The first-order valence-corrected chi connectivity index (χ1v) is 12.0. The summed E-state index contributed by atoms with van der Waals surface area (Å²) in [5.41, 5.74) is 2.85. The summed E-state index contributed by atoms with van der Waals surface area (Å²) in [7, 11) is -3.50. The number of hydrogen-bond acceptors (Lipinski definition) is 4. The summed E-state index contributed by atoms with van der Waals surface area (Å²) in [6.07, 6.45) is 0. The standard InChI is InChI=1S/C21H28BrN3O3S/c1-15(2)25-16(3)13-20(17(25)4)21(26)14-23-9-11-24(12-10-23)29(27,28)19-7-5-18(22)6-8-19/h5-8,13,15H,9-12,14H2,1-4H3. The summed E-state index contributed by atoms with van der Waals surface area (Å²) in [6, 6.07) is 8.96. The third kappa shape index (κ3) is 4.66. The van der Waals surface area contributed by atoms with Gasteiger partial charge in [0.25, 0.3) is 0 Å². The average molecular weight is 482 g/mol. The van der Waals surface area contributed by atoms with Gasteiger partial charge in [-0.05, 0) is 58.0 Å². The Kier molecular flexibility index (Phi) is 6.67. The second-order valence-corrected chi connectivity index (χ2v) is 10.7. The molecule has 0 N–H and O–H groups in total. The smallest absolute Gasteiger partial charge is 0.243 e. The van der Waals surface area contributed by atoms with Crippen molar-refractivity contribution < 1.29 is 13.2 Å². The quantitative estimate of drug-likeness (QED) is 0.590. The molecule has 1 aromatic carbocycles. The monoisotopic (exact) mass is 481 g/mol. The van der Waals surface area contributed by atoms with Crippen LogP contribution in [0.2, 0.25) is 0 Å². The Morgan fingerprint density at radius 1 is 1.07 bits per heavy atom. The van der Waals surface area contributed by atoms with Gasteiger partial charge in [0.05, 0.1) is 11.4 Å². The van der Waals surface area contributed by atoms with Crippen molar-refractivity contribution in [3.63, 3.8) is 0 Å². The molecule has 0 saturated carbocycles. The van der Waals surface area contributed by atoms with Gasteiger partial charge in [0.2, 0.25) is 10.0 Å². The second-order valence-electron chi connectivity index (χ2n) is 7.81. The fourth-order valence-corrected chi connectivity index (χ4v) is 5.71. The van der Waals surface area contributed by atoms with Crippen LogP contribution in [-0.2, 0) is 10.0 Å². The van der Waals surface area contributed by atoms with Crippen LogP contribution in [0.15, 0.2) is 39.7 Å². The molecule has 6 nitrogen and oxygen atoms in total. The molecule has 1 aliphatic rings. The molecule has 158 valence electrons. The molecule has 0 amide bonds. The molecule has 29 heavy (non-hydrogen) atoms. The minimum Gasteiger partial charge on any atom is -0.346 e. The van der Waals surface area contributed by atoms with Crippen molar-refractivity contribution in [1.29, 1.82) is 0 Å². The number of carbonyl (C=O) groups excluding carboxylic acids is 1. The molecule has 0 unspecified atom stereocenters. The van der Waals surface area contributed by atoms with Gasteiger partial charge in [0, 0.05) is 53.6 Å². The average Bonchev–Trinajstić information content (AvgIpc) is 2.97. The van der Waals surface area contributed by atoms with Gasteiger partial charge in [-0.1, -0.05) is 15.9 Å². The number of carbonyl (C=O) groups is 1. The third-order valence-corrected chi connectivity index (χ3v) is 7.89. The van der Waals surface area contributed by atoms with E-state index < -0.39 is 10.0 Å². The largest absolute Gasteiger partial charge is 0.346 e. The highest BCUT2D eigenvalue weighted by Gasteiger charge is 2.29. The topological polar surface area (TPSA) is 62.6 Å². The molecule has 2 heterocycles. The van der Waals surface area contributed by atoms with E-state index in [-0.39, 0.29) is 5.78 Å². The maximum Gasteiger partial charge on any atom is 0.243 e. The fourth-order valence-electron chi connectivity index (χ4n) is 4.03. The summed E-state index contributed by atoms with van der Waals surface area (Å²) in [6.45, 7) is 10.4. The van der Waals surface area contributed by atoms with Crippen LogP contribution >= 0.6 is 15.9 Å². The SMILES string of the molecule is Cc1cc(C(=O)CN2CCN(S(=O)(=O)c3ccc(Br)cc3)CC2)c(C)n1C(C)C. The van der Waals surface area contributed by atoms with E-state index >= 15 is 0 Å². The zero-order chi connectivity index (χ0) is 21.3. The predicted molar refractivity (Wildman–Crippen MR) is 118 cm³/mol. The molecule has 0 spiro atoms. The number of rotatable bonds is 6. The van der Waals surface area contributed by atoms with E-state index in [1.165, 1.54) is 4.31 Å². The van der Waals surface area contributed by atoms with Gasteiger partial charge in [-0.15, -0.1) is 0 Å². The Balaban J connectivity index is 1.63. The van der Waals surface area contributed by atoms with Gasteiger partial charge in [0.15, 0.2) is 5.78 Å². The maximum atomic E-state index is 12.9. The Morgan fingerprint density at radius 3 is 2.17 bits per heavy atom. The Bertz CT molecular complexity index is 989. The van der Waals surface area contributed by atoms with Crippen LogP contribution in [0.3, 0.4) is 0 Å². The van der Waals surface area contributed by atoms with Gasteiger partial charge in [-0.2, -0.15) is 4.31 Å². The number of sulfonamides is 1. The van der Waals surface area contributed by atoms with Crippen molar-refractivity contribution in [3.05, 3.63) is 51.8 Å². The molecule has 3 rings (SSSR count). The molecule has 2 aromatic rings. The van der Waals surface area contributed by atoms with Crippen LogP contribution in [0.5, 0.6) is 0 Å². The molecule has 8 heteroatoms. The molecular weight excluding hydrogens is 454 g/mol. The van der Waals surface area contributed by atoms with Crippen molar-refractivity contribution in [3.8, 4) is 0 Å². The first-order chi connectivity index (χ1) is 13.6. The number of hydrogen-bond donors (Lipinski definition) is 0. The lowest BCUT2D eigenvalue weighted by molar-refractivity contribution is 0.0901. The molecule has 1 fully saturated rings. The highest BCUT2D eigenvalue weighted by atomic mass is 79.9. The Hall–Kier alpha value is -1.48.